The molecule has 1 aliphatic heterocycles. The summed E-state index contributed by atoms with van der Waals surface area (Å²) in [4.78, 5) is 29.6. The normalized spacial score (nSPS) is 15.0. The molecular formula is C25H27N5O3S. The van der Waals surface area contributed by atoms with Crippen molar-refractivity contribution in [2.24, 2.45) is 0 Å². The van der Waals surface area contributed by atoms with Crippen molar-refractivity contribution >= 4 is 35.3 Å². The molecule has 9 heteroatoms. The van der Waals surface area contributed by atoms with E-state index in [9.17, 15) is 14.7 Å². The molecule has 4 rings (SSSR count). The molecule has 0 spiro atoms. The monoisotopic (exact) mass is 477 g/mol. The summed E-state index contributed by atoms with van der Waals surface area (Å²) >= 11 is 1.55. The van der Waals surface area contributed by atoms with Gasteiger partial charge in [-0.25, -0.2) is 9.48 Å². The number of benzene rings is 2. The molecule has 0 bridgehead atoms. The molecule has 1 unspecified atom stereocenters. The molecular weight excluding hydrogens is 450 g/mol. The molecule has 0 fully saturated rings. The number of aromatic nitrogens is 3. The number of thioether (sulfide) groups is 1. The predicted octanol–water partition coefficient (Wildman–Crippen LogP) is 5.02. The van der Waals surface area contributed by atoms with E-state index in [1.54, 1.807) is 40.7 Å². The lowest BCUT2D eigenvalue weighted by atomic mass is 9.94. The van der Waals surface area contributed by atoms with Crippen LogP contribution in [0, 0.1) is 13.8 Å². The Hall–Kier alpha value is -3.59. The smallest absolute Gasteiger partial charge is 0.335 e. The van der Waals surface area contributed by atoms with Gasteiger partial charge in [-0.2, -0.15) is 4.98 Å². The second kappa shape index (κ2) is 9.72. The van der Waals surface area contributed by atoms with Gasteiger partial charge in [0.25, 0.3) is 5.91 Å². The van der Waals surface area contributed by atoms with Gasteiger partial charge < -0.3 is 15.7 Å². The number of carboxylic acid groups (broad SMARTS) is 1. The van der Waals surface area contributed by atoms with Gasteiger partial charge in [-0.1, -0.05) is 43.0 Å². The summed E-state index contributed by atoms with van der Waals surface area (Å²) in [5.41, 5.74) is 4.92. The highest BCUT2D eigenvalue weighted by Crippen LogP contribution is 2.37. The average Bonchev–Trinajstić information content (AvgIpc) is 3.22. The molecule has 8 nitrogen and oxygen atoms in total. The largest absolute Gasteiger partial charge is 0.478 e. The number of allylic oxidation sites excluding steroid dienone is 1. The number of fused-ring (bicyclic) bond motifs is 1. The molecule has 3 N–H and O–H groups in total. The quantitative estimate of drug-likeness (QED) is 0.410. The number of anilines is 2. The number of amides is 1. The van der Waals surface area contributed by atoms with Crippen LogP contribution in [-0.4, -0.2) is 37.5 Å². The molecule has 0 saturated heterocycles. The molecule has 2 aromatic carbocycles. The van der Waals surface area contributed by atoms with Gasteiger partial charge in [-0.15, -0.1) is 5.10 Å². The second-order valence-electron chi connectivity index (χ2n) is 8.21. The van der Waals surface area contributed by atoms with Gasteiger partial charge in [0.15, 0.2) is 0 Å². The van der Waals surface area contributed by atoms with Gasteiger partial charge in [-0.3, -0.25) is 4.79 Å². The number of nitrogens with zero attached hydrogens (tertiary/aromatic N) is 3. The molecule has 1 atom stereocenters. The van der Waals surface area contributed by atoms with Crippen molar-refractivity contribution in [3.05, 3.63) is 76.0 Å². The molecule has 0 radical (unpaired) electrons. The van der Waals surface area contributed by atoms with E-state index in [0.717, 1.165) is 34.6 Å². The minimum atomic E-state index is -1.00. The Balaban J connectivity index is 1.77. The number of hydrogen-bond donors (Lipinski definition) is 3. The van der Waals surface area contributed by atoms with Crippen molar-refractivity contribution in [1.82, 2.24) is 14.8 Å². The molecule has 176 valence electrons. The average molecular weight is 478 g/mol. The maximum atomic E-state index is 13.6. The Morgan fingerprint density at radius 1 is 1.15 bits per heavy atom. The first-order valence-electron chi connectivity index (χ1n) is 11.1. The summed E-state index contributed by atoms with van der Waals surface area (Å²) in [5, 5.41) is 20.9. The number of aromatic carboxylic acids is 1. The van der Waals surface area contributed by atoms with E-state index in [1.807, 2.05) is 39.0 Å². The van der Waals surface area contributed by atoms with Crippen molar-refractivity contribution in [2.45, 2.75) is 45.3 Å². The van der Waals surface area contributed by atoms with Crippen LogP contribution in [0.4, 0.5) is 11.6 Å². The highest BCUT2D eigenvalue weighted by atomic mass is 32.2. The summed E-state index contributed by atoms with van der Waals surface area (Å²) < 4.78 is 1.71. The van der Waals surface area contributed by atoms with Crippen molar-refractivity contribution in [2.75, 3.05) is 16.4 Å². The maximum Gasteiger partial charge on any atom is 0.335 e. The van der Waals surface area contributed by atoms with Gasteiger partial charge in [0.2, 0.25) is 11.1 Å². The van der Waals surface area contributed by atoms with Gasteiger partial charge in [0.05, 0.1) is 11.1 Å². The molecule has 3 aromatic rings. The first-order valence-corrected chi connectivity index (χ1v) is 12.1. The van der Waals surface area contributed by atoms with Crippen molar-refractivity contribution in [3.8, 4) is 0 Å². The third-order valence-corrected chi connectivity index (χ3v) is 6.88. The summed E-state index contributed by atoms with van der Waals surface area (Å²) in [6.07, 6.45) is 0.989. The number of carboxylic acids is 1. The predicted molar refractivity (Wildman–Crippen MR) is 133 cm³/mol. The van der Waals surface area contributed by atoms with E-state index in [-0.39, 0.29) is 11.5 Å². The fourth-order valence-electron chi connectivity index (χ4n) is 3.87. The lowest BCUT2D eigenvalue weighted by Crippen LogP contribution is -2.31. The molecule has 34 heavy (non-hydrogen) atoms. The summed E-state index contributed by atoms with van der Waals surface area (Å²) in [5.74, 6) is 0.172. The van der Waals surface area contributed by atoms with Crippen LogP contribution < -0.4 is 10.6 Å². The first-order chi connectivity index (χ1) is 16.3. The topological polar surface area (TPSA) is 109 Å². The van der Waals surface area contributed by atoms with Gasteiger partial charge in [0, 0.05) is 17.1 Å². The Morgan fingerprint density at radius 2 is 1.88 bits per heavy atom. The Labute approximate surface area is 202 Å². The lowest BCUT2D eigenvalue weighted by molar-refractivity contribution is -0.113. The van der Waals surface area contributed by atoms with Crippen LogP contribution >= 0.6 is 11.8 Å². The second-order valence-corrected chi connectivity index (χ2v) is 9.27. The highest BCUT2D eigenvalue weighted by molar-refractivity contribution is 7.99. The minimum absolute atomic E-state index is 0.178. The Morgan fingerprint density at radius 3 is 2.56 bits per heavy atom. The van der Waals surface area contributed by atoms with Gasteiger partial charge in [-0.05, 0) is 62.1 Å². The zero-order chi connectivity index (χ0) is 24.4. The molecule has 1 aromatic heterocycles. The van der Waals surface area contributed by atoms with E-state index in [0.29, 0.717) is 22.4 Å². The Bertz CT molecular complexity index is 1280. The lowest BCUT2D eigenvalue weighted by Gasteiger charge is -2.29. The van der Waals surface area contributed by atoms with Crippen molar-refractivity contribution in [1.29, 1.82) is 0 Å². The van der Waals surface area contributed by atoms with Crippen LogP contribution in [0.1, 0.15) is 53.4 Å². The third-order valence-electron chi connectivity index (χ3n) is 5.84. The van der Waals surface area contributed by atoms with Crippen LogP contribution in [0.5, 0.6) is 0 Å². The van der Waals surface area contributed by atoms with Gasteiger partial charge in [0.1, 0.15) is 6.04 Å². The Kier molecular flexibility index (Phi) is 6.74. The first kappa shape index (κ1) is 23.6. The number of carbonyl (C=O) groups is 2. The van der Waals surface area contributed by atoms with Gasteiger partial charge >= 0.3 is 5.97 Å². The highest BCUT2D eigenvalue weighted by Gasteiger charge is 2.34. The van der Waals surface area contributed by atoms with E-state index < -0.39 is 12.0 Å². The number of nitrogens with one attached hydrogen (secondary N) is 2. The van der Waals surface area contributed by atoms with E-state index >= 15 is 0 Å². The third kappa shape index (κ3) is 4.56. The van der Waals surface area contributed by atoms with Crippen LogP contribution in [-0.2, 0) is 4.79 Å². The minimum Gasteiger partial charge on any atom is -0.478 e. The summed E-state index contributed by atoms with van der Waals surface area (Å²) in [7, 11) is 0. The fourth-order valence-corrected chi connectivity index (χ4v) is 4.56. The fraction of sp³-hybridized carbons (Fsp3) is 0.280. The van der Waals surface area contributed by atoms with Crippen molar-refractivity contribution in [3.63, 3.8) is 0 Å². The SMILES string of the molecule is CCCSc1nc2n(n1)C(c1ccc(C(=O)O)cc1)C(C(=O)Nc1cccc(C)c1C)=C(C)N2. The van der Waals surface area contributed by atoms with Crippen LogP contribution in [0.15, 0.2) is 58.9 Å². The van der Waals surface area contributed by atoms with E-state index in [2.05, 4.69) is 27.6 Å². The number of carbonyl (C=O) groups excluding carboxylic acids is 1. The number of hydrogen-bond acceptors (Lipinski definition) is 6. The molecule has 0 aliphatic carbocycles. The standard InChI is InChI=1S/C25H27N5O3S/c1-5-13-34-25-28-24-26-16(4)20(22(31)27-19-8-6-7-14(2)15(19)3)21(30(24)29-25)17-9-11-18(12-10-17)23(32)33/h6-12,21H,5,13H2,1-4H3,(H,27,31)(H,32,33)(H,26,28,29). The molecule has 0 saturated carbocycles. The van der Waals surface area contributed by atoms with E-state index in [4.69, 9.17) is 0 Å². The zero-order valence-electron chi connectivity index (χ0n) is 19.5. The maximum absolute atomic E-state index is 13.6. The summed E-state index contributed by atoms with van der Waals surface area (Å²) in [6, 6.07) is 11.8. The molecule has 2 heterocycles. The number of aryl methyl sites for hydroxylation is 1. The summed E-state index contributed by atoms with van der Waals surface area (Å²) in [6.45, 7) is 7.91. The molecule has 1 amide bonds. The van der Waals surface area contributed by atoms with Crippen LogP contribution in [0.2, 0.25) is 0 Å². The molecule has 1 aliphatic rings. The van der Waals surface area contributed by atoms with Crippen molar-refractivity contribution < 1.29 is 14.7 Å². The van der Waals surface area contributed by atoms with Crippen LogP contribution in [0.3, 0.4) is 0 Å². The number of rotatable bonds is 7. The van der Waals surface area contributed by atoms with E-state index in [1.165, 1.54) is 0 Å². The zero-order valence-corrected chi connectivity index (χ0v) is 20.4. The van der Waals surface area contributed by atoms with Crippen LogP contribution in [0.25, 0.3) is 0 Å².